The second-order valence-corrected chi connectivity index (χ2v) is 4.95. The summed E-state index contributed by atoms with van der Waals surface area (Å²) in [6.07, 6.45) is 1.95. The van der Waals surface area contributed by atoms with E-state index in [-0.39, 0.29) is 11.7 Å². The van der Waals surface area contributed by atoms with Crippen LogP contribution in [0.15, 0.2) is 42.6 Å². The Labute approximate surface area is 134 Å². The fourth-order valence-electron chi connectivity index (χ4n) is 2.03. The number of pyridine rings is 1. The molecule has 2 aromatic rings. The number of hydrogen-bond acceptors (Lipinski definition) is 4. The smallest absolute Gasteiger partial charge is 0.252 e. The first kappa shape index (κ1) is 16.9. The average molecular weight is 317 g/mol. The number of rotatable bonds is 8. The highest BCUT2D eigenvalue weighted by molar-refractivity contribution is 5.94. The number of aromatic nitrogens is 1. The van der Waals surface area contributed by atoms with Gasteiger partial charge in [0, 0.05) is 26.4 Å². The zero-order valence-corrected chi connectivity index (χ0v) is 13.0. The third-order valence-corrected chi connectivity index (χ3v) is 3.28. The van der Waals surface area contributed by atoms with Crippen LogP contribution in [0.1, 0.15) is 15.9 Å². The van der Waals surface area contributed by atoms with E-state index in [9.17, 15) is 9.18 Å². The summed E-state index contributed by atoms with van der Waals surface area (Å²) in [7, 11) is 1.63. The van der Waals surface area contributed by atoms with Crippen LogP contribution >= 0.6 is 0 Å². The number of halogens is 1. The topological polar surface area (TPSA) is 63.2 Å². The van der Waals surface area contributed by atoms with Gasteiger partial charge in [0.1, 0.15) is 11.6 Å². The Hall–Kier alpha value is -2.47. The van der Waals surface area contributed by atoms with Crippen molar-refractivity contribution in [2.24, 2.45) is 0 Å². The Kier molecular flexibility index (Phi) is 6.50. The van der Waals surface area contributed by atoms with Crippen LogP contribution in [0.25, 0.3) is 0 Å². The molecule has 6 heteroatoms. The third-order valence-electron chi connectivity index (χ3n) is 3.28. The van der Waals surface area contributed by atoms with E-state index < -0.39 is 0 Å². The van der Waals surface area contributed by atoms with Crippen LogP contribution < -0.4 is 10.6 Å². The fourth-order valence-corrected chi connectivity index (χ4v) is 2.03. The summed E-state index contributed by atoms with van der Waals surface area (Å²) in [5, 5.41) is 5.83. The van der Waals surface area contributed by atoms with Crippen LogP contribution in [-0.4, -0.2) is 37.7 Å². The van der Waals surface area contributed by atoms with Crippen LogP contribution in [0.3, 0.4) is 0 Å². The molecule has 2 N–H and O–H groups in total. The number of nitrogens with zero attached hydrogens (tertiary/aromatic N) is 1. The van der Waals surface area contributed by atoms with E-state index in [1.807, 2.05) is 0 Å². The van der Waals surface area contributed by atoms with Gasteiger partial charge in [0.25, 0.3) is 5.91 Å². The van der Waals surface area contributed by atoms with Gasteiger partial charge in [0.2, 0.25) is 0 Å². The first-order chi connectivity index (χ1) is 11.2. The Morgan fingerprint density at radius 1 is 1.22 bits per heavy atom. The van der Waals surface area contributed by atoms with Gasteiger partial charge in [-0.2, -0.15) is 0 Å². The summed E-state index contributed by atoms with van der Waals surface area (Å²) in [6.45, 7) is 1.60. The molecule has 1 aromatic carbocycles. The van der Waals surface area contributed by atoms with Crippen LogP contribution in [-0.2, 0) is 11.2 Å². The molecule has 0 atom stereocenters. The first-order valence-corrected chi connectivity index (χ1v) is 7.41. The minimum absolute atomic E-state index is 0.225. The lowest BCUT2D eigenvalue weighted by molar-refractivity contribution is 0.0953. The number of amides is 1. The molecule has 23 heavy (non-hydrogen) atoms. The zero-order chi connectivity index (χ0) is 16.5. The van der Waals surface area contributed by atoms with E-state index in [4.69, 9.17) is 4.74 Å². The monoisotopic (exact) mass is 317 g/mol. The average Bonchev–Trinajstić information content (AvgIpc) is 2.57. The van der Waals surface area contributed by atoms with Gasteiger partial charge in [-0.05, 0) is 30.2 Å². The van der Waals surface area contributed by atoms with E-state index in [2.05, 4.69) is 15.6 Å². The fraction of sp³-hybridized carbons (Fsp3) is 0.294. The molecule has 0 radical (unpaired) electrons. The highest BCUT2D eigenvalue weighted by Crippen LogP contribution is 2.07. The van der Waals surface area contributed by atoms with E-state index >= 15 is 0 Å². The molecule has 0 aliphatic heterocycles. The summed E-state index contributed by atoms with van der Waals surface area (Å²) >= 11 is 0. The second kappa shape index (κ2) is 8.85. The molecule has 0 fully saturated rings. The SMILES string of the molecule is COCCNc1ccc(C(=O)NCCc2ccccc2F)cn1. The van der Waals surface area contributed by atoms with Crippen molar-refractivity contribution in [3.05, 3.63) is 59.5 Å². The van der Waals surface area contributed by atoms with Crippen molar-refractivity contribution in [1.82, 2.24) is 10.3 Å². The predicted molar refractivity (Wildman–Crippen MR) is 87.0 cm³/mol. The van der Waals surface area contributed by atoms with E-state index in [0.717, 1.165) is 0 Å². The van der Waals surface area contributed by atoms with Gasteiger partial charge in [-0.15, -0.1) is 0 Å². The van der Waals surface area contributed by atoms with Crippen molar-refractivity contribution in [2.45, 2.75) is 6.42 Å². The molecule has 0 bridgehead atoms. The van der Waals surface area contributed by atoms with Crippen molar-refractivity contribution in [3.8, 4) is 0 Å². The van der Waals surface area contributed by atoms with Crippen molar-refractivity contribution >= 4 is 11.7 Å². The van der Waals surface area contributed by atoms with Crippen molar-refractivity contribution in [1.29, 1.82) is 0 Å². The molecule has 2 rings (SSSR count). The van der Waals surface area contributed by atoms with Crippen molar-refractivity contribution < 1.29 is 13.9 Å². The minimum Gasteiger partial charge on any atom is -0.383 e. The summed E-state index contributed by atoms with van der Waals surface area (Å²) < 4.78 is 18.4. The Morgan fingerprint density at radius 2 is 2.04 bits per heavy atom. The number of carbonyl (C=O) groups is 1. The van der Waals surface area contributed by atoms with E-state index in [1.165, 1.54) is 12.3 Å². The number of benzene rings is 1. The molecule has 0 aliphatic rings. The highest BCUT2D eigenvalue weighted by atomic mass is 19.1. The predicted octanol–water partition coefficient (Wildman–Crippen LogP) is 2.25. The quantitative estimate of drug-likeness (QED) is 0.733. The minimum atomic E-state index is -0.255. The molecule has 1 heterocycles. The number of nitrogens with one attached hydrogen (secondary N) is 2. The molecular weight excluding hydrogens is 297 g/mol. The van der Waals surface area contributed by atoms with Gasteiger partial charge in [0.15, 0.2) is 0 Å². The normalized spacial score (nSPS) is 10.3. The maximum absolute atomic E-state index is 13.5. The molecule has 1 amide bonds. The van der Waals surface area contributed by atoms with E-state index in [0.29, 0.717) is 43.1 Å². The molecular formula is C17H20FN3O2. The van der Waals surface area contributed by atoms with Crippen molar-refractivity contribution in [3.63, 3.8) is 0 Å². The number of hydrogen-bond donors (Lipinski definition) is 2. The van der Waals surface area contributed by atoms with Crippen LogP contribution in [0.2, 0.25) is 0 Å². The molecule has 0 saturated heterocycles. The first-order valence-electron chi connectivity index (χ1n) is 7.41. The molecule has 0 aliphatic carbocycles. The summed E-state index contributed by atoms with van der Waals surface area (Å²) in [4.78, 5) is 16.2. The number of carbonyl (C=O) groups excluding carboxylic acids is 1. The molecule has 0 unspecified atom stereocenters. The Balaban J connectivity index is 1.80. The second-order valence-electron chi connectivity index (χ2n) is 4.95. The van der Waals surface area contributed by atoms with E-state index in [1.54, 1.807) is 37.4 Å². The molecule has 1 aromatic heterocycles. The summed E-state index contributed by atoms with van der Waals surface area (Å²) in [5.74, 6) is 0.206. The van der Waals surface area contributed by atoms with Crippen LogP contribution in [0, 0.1) is 5.82 Å². The largest absolute Gasteiger partial charge is 0.383 e. The molecule has 5 nitrogen and oxygen atoms in total. The standard InChI is InChI=1S/C17H20FN3O2/c1-23-11-10-19-16-7-6-14(12-21-16)17(22)20-9-8-13-4-2-3-5-15(13)18/h2-7,12H,8-11H2,1H3,(H,19,21)(H,20,22). The van der Waals surface area contributed by atoms with Gasteiger partial charge in [0.05, 0.1) is 12.2 Å². The summed E-state index contributed by atoms with van der Waals surface area (Å²) in [6, 6.07) is 9.98. The number of ether oxygens (including phenoxy) is 1. The molecule has 122 valence electrons. The summed E-state index contributed by atoms with van der Waals surface area (Å²) in [5.41, 5.74) is 1.06. The van der Waals surface area contributed by atoms with Gasteiger partial charge in [-0.1, -0.05) is 18.2 Å². The third kappa shape index (κ3) is 5.34. The Morgan fingerprint density at radius 3 is 2.74 bits per heavy atom. The van der Waals surface area contributed by atoms with Gasteiger partial charge in [-0.3, -0.25) is 4.79 Å². The number of methoxy groups -OCH3 is 1. The van der Waals surface area contributed by atoms with Crippen LogP contribution in [0.5, 0.6) is 0 Å². The lowest BCUT2D eigenvalue weighted by Crippen LogP contribution is -2.26. The lowest BCUT2D eigenvalue weighted by Gasteiger charge is -2.07. The van der Waals surface area contributed by atoms with Gasteiger partial charge >= 0.3 is 0 Å². The van der Waals surface area contributed by atoms with Crippen molar-refractivity contribution in [2.75, 3.05) is 32.1 Å². The van der Waals surface area contributed by atoms with Gasteiger partial charge < -0.3 is 15.4 Å². The van der Waals surface area contributed by atoms with Gasteiger partial charge in [-0.25, -0.2) is 9.37 Å². The highest BCUT2D eigenvalue weighted by Gasteiger charge is 2.06. The zero-order valence-electron chi connectivity index (χ0n) is 13.0. The Bertz CT molecular complexity index is 632. The lowest BCUT2D eigenvalue weighted by atomic mass is 10.1. The maximum atomic E-state index is 13.5. The number of anilines is 1. The van der Waals surface area contributed by atoms with Crippen LogP contribution in [0.4, 0.5) is 10.2 Å². The maximum Gasteiger partial charge on any atom is 0.252 e. The molecule has 0 saturated carbocycles. The molecule has 0 spiro atoms.